The second-order valence-electron chi connectivity index (χ2n) is 4.52. The molecule has 0 aromatic heterocycles. The van der Waals surface area contributed by atoms with Crippen LogP contribution in [0.3, 0.4) is 0 Å². The third kappa shape index (κ3) is 2.26. The first-order chi connectivity index (χ1) is 9.48. The van der Waals surface area contributed by atoms with Gasteiger partial charge in [0.15, 0.2) is 0 Å². The number of carbonyl (C=O) groups is 1. The third-order valence-electron chi connectivity index (χ3n) is 3.26. The second kappa shape index (κ2) is 4.92. The molecular formula is C16H9Cl3O. The van der Waals surface area contributed by atoms with Crippen LogP contribution < -0.4 is 0 Å². The standard InChI is InChI=1S/C16H9Cl3O/c17-16(18,19)15(20)14-12-7-3-1-5-10(12)9-11-6-2-4-8-13(11)14/h1-9H. The van der Waals surface area contributed by atoms with Crippen LogP contribution in [0.15, 0.2) is 54.6 Å². The molecule has 0 unspecified atom stereocenters. The first kappa shape index (κ1) is 13.7. The summed E-state index contributed by atoms with van der Waals surface area (Å²) in [7, 11) is 0. The van der Waals surface area contributed by atoms with E-state index in [2.05, 4.69) is 0 Å². The number of halogens is 3. The maximum absolute atomic E-state index is 12.5. The minimum Gasteiger partial charge on any atom is -0.289 e. The zero-order valence-corrected chi connectivity index (χ0v) is 12.5. The Morgan fingerprint density at radius 3 is 1.70 bits per heavy atom. The predicted octanol–water partition coefficient (Wildman–Crippen LogP) is 5.55. The molecule has 20 heavy (non-hydrogen) atoms. The summed E-state index contributed by atoms with van der Waals surface area (Å²) in [6, 6.07) is 17.2. The molecule has 0 amide bonds. The fourth-order valence-electron chi connectivity index (χ4n) is 2.40. The minimum absolute atomic E-state index is 0.457. The molecule has 0 bridgehead atoms. The number of carbonyl (C=O) groups excluding carboxylic acids is 1. The van der Waals surface area contributed by atoms with Crippen molar-refractivity contribution in [3.05, 3.63) is 60.2 Å². The fraction of sp³-hybridized carbons (Fsp3) is 0.0625. The Kier molecular flexibility index (Phi) is 3.37. The van der Waals surface area contributed by atoms with Gasteiger partial charge < -0.3 is 0 Å². The molecule has 0 aliphatic heterocycles. The smallest absolute Gasteiger partial charge is 0.253 e. The van der Waals surface area contributed by atoms with Crippen LogP contribution in [0.25, 0.3) is 21.5 Å². The highest BCUT2D eigenvalue weighted by Crippen LogP contribution is 2.36. The van der Waals surface area contributed by atoms with Crippen molar-refractivity contribution in [2.45, 2.75) is 3.79 Å². The van der Waals surface area contributed by atoms with Crippen molar-refractivity contribution >= 4 is 62.1 Å². The van der Waals surface area contributed by atoms with Gasteiger partial charge in [0.25, 0.3) is 3.79 Å². The molecule has 1 nitrogen and oxygen atoms in total. The Hall–Kier alpha value is -1.28. The summed E-state index contributed by atoms with van der Waals surface area (Å²) in [5, 5.41) is 3.48. The number of fused-ring (bicyclic) bond motifs is 2. The Balaban J connectivity index is 2.49. The number of alkyl halides is 3. The summed E-state index contributed by atoms with van der Waals surface area (Å²) in [6.45, 7) is 0. The molecule has 3 aromatic rings. The maximum atomic E-state index is 12.5. The van der Waals surface area contributed by atoms with E-state index in [1.54, 1.807) is 0 Å². The number of ketones is 1. The van der Waals surface area contributed by atoms with Gasteiger partial charge in [-0.05, 0) is 27.6 Å². The average molecular weight is 324 g/mol. The lowest BCUT2D eigenvalue weighted by atomic mass is 9.94. The third-order valence-corrected chi connectivity index (χ3v) is 3.77. The van der Waals surface area contributed by atoms with Gasteiger partial charge >= 0.3 is 0 Å². The van der Waals surface area contributed by atoms with E-state index >= 15 is 0 Å². The van der Waals surface area contributed by atoms with Crippen LogP contribution in [0.2, 0.25) is 0 Å². The molecule has 0 fully saturated rings. The highest BCUT2D eigenvalue weighted by Gasteiger charge is 2.33. The van der Waals surface area contributed by atoms with Crippen LogP contribution in [0.4, 0.5) is 0 Å². The van der Waals surface area contributed by atoms with Crippen LogP contribution in [0.5, 0.6) is 0 Å². The van der Waals surface area contributed by atoms with Crippen molar-refractivity contribution < 1.29 is 4.79 Å². The molecule has 0 atom stereocenters. The van der Waals surface area contributed by atoms with E-state index in [0.717, 1.165) is 21.5 Å². The Morgan fingerprint density at radius 2 is 1.25 bits per heavy atom. The van der Waals surface area contributed by atoms with Gasteiger partial charge in [-0.15, -0.1) is 0 Å². The molecule has 0 saturated heterocycles. The van der Waals surface area contributed by atoms with Gasteiger partial charge in [0.05, 0.1) is 0 Å². The SMILES string of the molecule is O=C(c1c2ccccc2cc2ccccc12)C(Cl)(Cl)Cl. The first-order valence-electron chi connectivity index (χ1n) is 6.00. The molecular weight excluding hydrogens is 315 g/mol. The predicted molar refractivity (Wildman–Crippen MR) is 86.1 cm³/mol. The van der Waals surface area contributed by atoms with Crippen LogP contribution in [0.1, 0.15) is 10.4 Å². The summed E-state index contributed by atoms with van der Waals surface area (Å²) < 4.78 is -1.97. The molecule has 3 aromatic carbocycles. The van der Waals surface area contributed by atoms with E-state index in [1.165, 1.54) is 0 Å². The summed E-state index contributed by atoms with van der Waals surface area (Å²) in [5.41, 5.74) is 0.457. The van der Waals surface area contributed by atoms with Gasteiger partial charge in [0, 0.05) is 5.56 Å². The lowest BCUT2D eigenvalue weighted by Crippen LogP contribution is -2.19. The van der Waals surface area contributed by atoms with E-state index in [-0.39, 0.29) is 0 Å². The largest absolute Gasteiger partial charge is 0.289 e. The topological polar surface area (TPSA) is 17.1 Å². The Labute approximate surface area is 131 Å². The van der Waals surface area contributed by atoms with Crippen molar-refractivity contribution in [2.75, 3.05) is 0 Å². The van der Waals surface area contributed by atoms with Crippen LogP contribution in [-0.4, -0.2) is 9.58 Å². The molecule has 0 aliphatic carbocycles. The molecule has 0 radical (unpaired) electrons. The highest BCUT2D eigenvalue weighted by molar-refractivity contribution is 6.78. The van der Waals surface area contributed by atoms with Crippen LogP contribution in [-0.2, 0) is 0 Å². The van der Waals surface area contributed by atoms with E-state index in [1.807, 2.05) is 54.6 Å². The summed E-state index contributed by atoms with van der Waals surface area (Å²) in [4.78, 5) is 12.5. The quantitative estimate of drug-likeness (QED) is 0.326. The molecule has 0 aliphatic rings. The number of hydrogen-bond donors (Lipinski definition) is 0. The monoisotopic (exact) mass is 322 g/mol. The molecule has 3 rings (SSSR count). The number of hydrogen-bond acceptors (Lipinski definition) is 1. The summed E-state index contributed by atoms with van der Waals surface area (Å²) in [5.74, 6) is -0.504. The normalized spacial score (nSPS) is 11.9. The Morgan fingerprint density at radius 1 is 0.800 bits per heavy atom. The zero-order valence-electron chi connectivity index (χ0n) is 10.2. The fourth-order valence-corrected chi connectivity index (χ4v) is 2.68. The summed E-state index contributed by atoms with van der Waals surface area (Å²) >= 11 is 17.4. The first-order valence-corrected chi connectivity index (χ1v) is 7.14. The maximum Gasteiger partial charge on any atom is 0.253 e. The molecule has 0 saturated carbocycles. The highest BCUT2D eigenvalue weighted by atomic mass is 35.6. The number of rotatable bonds is 1. The Bertz CT molecular complexity index is 765. The van der Waals surface area contributed by atoms with Crippen LogP contribution >= 0.6 is 34.8 Å². The van der Waals surface area contributed by atoms with E-state index < -0.39 is 9.58 Å². The van der Waals surface area contributed by atoms with Crippen molar-refractivity contribution in [1.82, 2.24) is 0 Å². The van der Waals surface area contributed by atoms with E-state index in [4.69, 9.17) is 34.8 Å². The number of benzene rings is 3. The lowest BCUT2D eigenvalue weighted by molar-refractivity contribution is 0.0999. The van der Waals surface area contributed by atoms with Crippen molar-refractivity contribution in [1.29, 1.82) is 0 Å². The molecule has 4 heteroatoms. The number of Topliss-reactive ketones (excluding diaryl/α,β-unsaturated/α-hetero) is 1. The van der Waals surface area contributed by atoms with Crippen molar-refractivity contribution in [3.8, 4) is 0 Å². The van der Waals surface area contributed by atoms with Gasteiger partial charge in [-0.1, -0.05) is 83.3 Å². The van der Waals surface area contributed by atoms with Gasteiger partial charge in [-0.25, -0.2) is 0 Å². The molecule has 0 spiro atoms. The van der Waals surface area contributed by atoms with E-state index in [9.17, 15) is 4.79 Å². The van der Waals surface area contributed by atoms with Gasteiger partial charge in [0.1, 0.15) is 0 Å². The van der Waals surface area contributed by atoms with Gasteiger partial charge in [-0.3, -0.25) is 4.79 Å². The van der Waals surface area contributed by atoms with Crippen molar-refractivity contribution in [2.24, 2.45) is 0 Å². The molecule has 0 N–H and O–H groups in total. The lowest BCUT2D eigenvalue weighted by Gasteiger charge is -2.14. The summed E-state index contributed by atoms with van der Waals surface area (Å²) in [6.07, 6.45) is 0. The zero-order chi connectivity index (χ0) is 14.3. The second-order valence-corrected chi connectivity index (χ2v) is 6.80. The molecule has 100 valence electrons. The molecule has 0 heterocycles. The van der Waals surface area contributed by atoms with Gasteiger partial charge in [-0.2, -0.15) is 0 Å². The van der Waals surface area contributed by atoms with E-state index in [0.29, 0.717) is 5.56 Å². The van der Waals surface area contributed by atoms with Gasteiger partial charge in [0.2, 0.25) is 5.78 Å². The average Bonchev–Trinajstić information content (AvgIpc) is 2.43. The van der Waals surface area contributed by atoms with Crippen LogP contribution in [0, 0.1) is 0 Å². The van der Waals surface area contributed by atoms with Crippen molar-refractivity contribution in [3.63, 3.8) is 0 Å². The minimum atomic E-state index is -1.97.